The maximum absolute atomic E-state index is 14.7. The third kappa shape index (κ3) is 6.63. The molecule has 1 saturated heterocycles. The zero-order valence-electron chi connectivity index (χ0n) is 21.4. The first kappa shape index (κ1) is 26.3. The second-order valence-electron chi connectivity index (χ2n) is 8.75. The lowest BCUT2D eigenvalue weighted by Gasteiger charge is -2.35. The largest absolute Gasteiger partial charge is 0.391 e. The molecule has 188 valence electrons. The summed E-state index contributed by atoms with van der Waals surface area (Å²) in [7, 11) is 1.83. The molecule has 1 aromatic rings. The summed E-state index contributed by atoms with van der Waals surface area (Å²) < 4.78 is 14.7. The van der Waals surface area contributed by atoms with Gasteiger partial charge in [-0.2, -0.15) is 0 Å². The number of likely N-dealkylation sites (N-methyl/N-ethyl adjacent to an activating group) is 1. The lowest BCUT2D eigenvalue weighted by Crippen LogP contribution is -2.45. The van der Waals surface area contributed by atoms with Gasteiger partial charge in [-0.25, -0.2) is 14.4 Å². The number of hydrogen-bond donors (Lipinski definition) is 3. The van der Waals surface area contributed by atoms with Gasteiger partial charge in [-0.05, 0) is 31.5 Å². The average molecular weight is 481 g/mol. The highest BCUT2D eigenvalue weighted by Gasteiger charge is 2.19. The Hall–Kier alpha value is -3.33. The van der Waals surface area contributed by atoms with Crippen molar-refractivity contribution in [3.63, 3.8) is 0 Å². The zero-order valence-corrected chi connectivity index (χ0v) is 21.4. The second-order valence-corrected chi connectivity index (χ2v) is 8.75. The van der Waals surface area contributed by atoms with Gasteiger partial charge in [-0.15, -0.1) is 0 Å². The number of hydrogen-bond acceptors (Lipinski definition) is 8. The van der Waals surface area contributed by atoms with E-state index in [1.807, 2.05) is 20.2 Å². The highest BCUT2D eigenvalue weighted by atomic mass is 19.1. The van der Waals surface area contributed by atoms with Crippen LogP contribution >= 0.6 is 0 Å². The summed E-state index contributed by atoms with van der Waals surface area (Å²) in [5.74, 6) is -0.0155. The summed E-state index contributed by atoms with van der Waals surface area (Å²) in [6.45, 7) is 13.8. The Kier molecular flexibility index (Phi) is 9.31. The molecule has 0 saturated carbocycles. The lowest BCUT2D eigenvalue weighted by molar-refractivity contribution is 0.170. The SMILES string of the molecule is C/C=C(\C=N/CNc1ncc(F)c(C2=C/C(=C(/NC)C(C)C)C(=N)C=C2)n1)N1CCN(CC)CC1. The van der Waals surface area contributed by atoms with Gasteiger partial charge in [0, 0.05) is 56.3 Å². The minimum absolute atomic E-state index is 0.190. The van der Waals surface area contributed by atoms with Gasteiger partial charge in [0.15, 0.2) is 5.82 Å². The van der Waals surface area contributed by atoms with E-state index in [-0.39, 0.29) is 18.3 Å². The fraction of sp³-hybridized carbons (Fsp3) is 0.462. The lowest BCUT2D eigenvalue weighted by atomic mass is 9.93. The highest BCUT2D eigenvalue weighted by molar-refractivity contribution is 6.13. The standard InChI is InChI=1S/C26H37FN8/c1-6-20(35-12-10-34(7-2)11-13-35)15-30-17-32-26-31-16-22(27)25(33-26)19-8-9-23(28)21(14-19)24(29-5)18(3)4/h6,8-9,14-16,18,28-29H,7,10-13,17H2,1-5H3,(H,31,32,33)/b20-6+,24-21-,28-23?,30-15-. The predicted molar refractivity (Wildman–Crippen MR) is 142 cm³/mol. The number of allylic oxidation sites excluding steroid dienone is 8. The minimum Gasteiger partial charge on any atom is -0.391 e. The summed E-state index contributed by atoms with van der Waals surface area (Å²) >= 11 is 0. The topological polar surface area (TPSA) is 92.5 Å². The fourth-order valence-corrected chi connectivity index (χ4v) is 4.22. The van der Waals surface area contributed by atoms with Gasteiger partial charge in [-0.3, -0.25) is 4.99 Å². The number of aliphatic imine (C=N–C) groups is 1. The van der Waals surface area contributed by atoms with E-state index in [0.29, 0.717) is 17.2 Å². The van der Waals surface area contributed by atoms with Crippen molar-refractivity contribution in [1.29, 1.82) is 5.41 Å². The van der Waals surface area contributed by atoms with E-state index in [1.54, 1.807) is 18.2 Å². The predicted octanol–water partition coefficient (Wildman–Crippen LogP) is 3.70. The van der Waals surface area contributed by atoms with Crippen LogP contribution in [-0.2, 0) is 0 Å². The molecular formula is C26H37FN8. The Labute approximate surface area is 207 Å². The molecule has 0 amide bonds. The fourth-order valence-electron chi connectivity index (χ4n) is 4.22. The van der Waals surface area contributed by atoms with Crippen molar-refractivity contribution in [1.82, 2.24) is 25.1 Å². The molecule has 1 aliphatic heterocycles. The summed E-state index contributed by atoms with van der Waals surface area (Å²) in [5, 5.41) is 14.5. The van der Waals surface area contributed by atoms with Crippen LogP contribution in [-0.4, -0.2) is 78.1 Å². The summed E-state index contributed by atoms with van der Waals surface area (Å²) in [6, 6.07) is 0. The van der Waals surface area contributed by atoms with E-state index in [9.17, 15) is 4.39 Å². The number of halogens is 1. The number of anilines is 1. The van der Waals surface area contributed by atoms with Crippen LogP contribution in [0, 0.1) is 17.1 Å². The number of nitrogens with zero attached hydrogens (tertiary/aromatic N) is 5. The normalized spacial score (nSPS) is 18.9. The molecule has 0 atom stereocenters. The van der Waals surface area contributed by atoms with Crippen LogP contribution in [0.2, 0.25) is 0 Å². The van der Waals surface area contributed by atoms with Gasteiger partial charge in [0.1, 0.15) is 12.4 Å². The molecule has 0 spiro atoms. The Balaban J connectivity index is 1.70. The molecule has 2 aliphatic rings. The molecule has 0 bridgehead atoms. The number of piperazine rings is 1. The summed E-state index contributed by atoms with van der Waals surface area (Å²) in [6.07, 6.45) is 10.3. The smallest absolute Gasteiger partial charge is 0.224 e. The van der Waals surface area contributed by atoms with E-state index in [4.69, 9.17) is 5.41 Å². The second kappa shape index (κ2) is 12.4. The average Bonchev–Trinajstić information content (AvgIpc) is 2.86. The molecule has 1 aromatic heterocycles. The Morgan fingerprint density at radius 3 is 2.63 bits per heavy atom. The van der Waals surface area contributed by atoms with Crippen molar-refractivity contribution in [2.45, 2.75) is 27.7 Å². The molecule has 2 heterocycles. The number of rotatable bonds is 9. The van der Waals surface area contributed by atoms with Crippen molar-refractivity contribution in [2.24, 2.45) is 10.9 Å². The van der Waals surface area contributed by atoms with Crippen molar-refractivity contribution < 1.29 is 4.39 Å². The van der Waals surface area contributed by atoms with Crippen LogP contribution in [0.4, 0.5) is 10.3 Å². The van der Waals surface area contributed by atoms with Gasteiger partial charge in [-0.1, -0.05) is 32.9 Å². The van der Waals surface area contributed by atoms with Crippen LogP contribution < -0.4 is 10.6 Å². The monoisotopic (exact) mass is 480 g/mol. The van der Waals surface area contributed by atoms with E-state index in [2.05, 4.69) is 62.2 Å². The zero-order chi connectivity index (χ0) is 25.4. The molecule has 3 N–H and O–H groups in total. The first-order valence-corrected chi connectivity index (χ1v) is 12.2. The van der Waals surface area contributed by atoms with Gasteiger partial charge >= 0.3 is 0 Å². The summed E-state index contributed by atoms with van der Waals surface area (Å²) in [4.78, 5) is 17.7. The van der Waals surface area contributed by atoms with E-state index >= 15 is 0 Å². The molecule has 0 radical (unpaired) electrons. The van der Waals surface area contributed by atoms with Gasteiger partial charge in [0.05, 0.1) is 17.6 Å². The van der Waals surface area contributed by atoms with E-state index in [1.165, 1.54) is 6.20 Å². The third-order valence-corrected chi connectivity index (χ3v) is 6.21. The quantitative estimate of drug-likeness (QED) is 0.467. The molecule has 3 rings (SSSR count). The van der Waals surface area contributed by atoms with Crippen LogP contribution in [0.25, 0.3) is 5.57 Å². The molecule has 1 fully saturated rings. The van der Waals surface area contributed by atoms with E-state index in [0.717, 1.165) is 49.7 Å². The van der Waals surface area contributed by atoms with Gasteiger partial charge in [0.2, 0.25) is 5.95 Å². The van der Waals surface area contributed by atoms with Gasteiger partial charge in [0.25, 0.3) is 0 Å². The molecule has 1 aliphatic carbocycles. The first-order chi connectivity index (χ1) is 16.9. The van der Waals surface area contributed by atoms with Crippen LogP contribution in [0.5, 0.6) is 0 Å². The first-order valence-electron chi connectivity index (χ1n) is 12.2. The number of nitrogens with one attached hydrogen (secondary N) is 3. The van der Waals surface area contributed by atoms with Crippen molar-refractivity contribution in [3.8, 4) is 0 Å². The molecule has 8 nitrogen and oxygen atoms in total. The molecule has 0 aromatic carbocycles. The Morgan fingerprint density at radius 2 is 2.00 bits per heavy atom. The van der Waals surface area contributed by atoms with Crippen molar-refractivity contribution >= 4 is 23.4 Å². The van der Waals surface area contributed by atoms with Crippen LogP contribution in [0.3, 0.4) is 0 Å². The molecular weight excluding hydrogens is 443 g/mol. The molecule has 9 heteroatoms. The molecule has 35 heavy (non-hydrogen) atoms. The van der Waals surface area contributed by atoms with Gasteiger partial charge < -0.3 is 25.8 Å². The summed E-state index contributed by atoms with van der Waals surface area (Å²) in [5.41, 5.74) is 3.91. The van der Waals surface area contributed by atoms with E-state index < -0.39 is 5.82 Å². The minimum atomic E-state index is -0.513. The Bertz CT molecular complexity index is 1060. The molecule has 0 unspecified atom stereocenters. The maximum atomic E-state index is 14.7. The van der Waals surface area contributed by atoms with Crippen molar-refractivity contribution in [2.75, 3.05) is 51.8 Å². The van der Waals surface area contributed by atoms with Crippen LogP contribution in [0.15, 0.2) is 52.5 Å². The third-order valence-electron chi connectivity index (χ3n) is 6.21. The number of aromatic nitrogens is 2. The van der Waals surface area contributed by atoms with Crippen LogP contribution in [0.1, 0.15) is 33.4 Å². The Morgan fingerprint density at radius 1 is 1.26 bits per heavy atom. The van der Waals surface area contributed by atoms with Crippen molar-refractivity contribution in [3.05, 3.63) is 59.0 Å². The highest BCUT2D eigenvalue weighted by Crippen LogP contribution is 2.27. The maximum Gasteiger partial charge on any atom is 0.224 e.